The molecule has 2 aromatic rings. The molecule has 1 aromatic heterocycles. The fourth-order valence-corrected chi connectivity index (χ4v) is 2.05. The molecule has 1 heterocycles. The number of rotatable bonds is 7. The molecule has 1 aromatic carbocycles. The third-order valence-electron chi connectivity index (χ3n) is 3.14. The van der Waals surface area contributed by atoms with Gasteiger partial charge in [-0.15, -0.1) is 24.0 Å². The van der Waals surface area contributed by atoms with E-state index in [2.05, 4.69) is 20.7 Å². The first-order valence-corrected chi connectivity index (χ1v) is 7.94. The average molecular weight is 464 g/mol. The van der Waals surface area contributed by atoms with Crippen molar-refractivity contribution in [2.24, 2.45) is 12.0 Å². The van der Waals surface area contributed by atoms with Crippen molar-refractivity contribution in [2.75, 3.05) is 19.7 Å². The summed E-state index contributed by atoms with van der Waals surface area (Å²) >= 11 is 5.84. The summed E-state index contributed by atoms with van der Waals surface area (Å²) < 4.78 is 7.46. The Morgan fingerprint density at radius 3 is 2.62 bits per heavy atom. The SMILES string of the molecule is CCNC(=NCc1ccnn1C)NCCOc1ccc(Cl)cc1.I. The van der Waals surface area contributed by atoms with Crippen molar-refractivity contribution >= 4 is 41.5 Å². The Morgan fingerprint density at radius 2 is 2.00 bits per heavy atom. The van der Waals surface area contributed by atoms with Crippen molar-refractivity contribution in [1.29, 1.82) is 0 Å². The number of guanidine groups is 1. The van der Waals surface area contributed by atoms with E-state index in [0.29, 0.717) is 24.7 Å². The van der Waals surface area contributed by atoms with Crippen LogP contribution in [0.4, 0.5) is 0 Å². The van der Waals surface area contributed by atoms with Gasteiger partial charge in [0.1, 0.15) is 12.4 Å². The number of halogens is 2. The molecule has 0 bridgehead atoms. The number of aromatic nitrogens is 2. The first-order valence-electron chi connectivity index (χ1n) is 7.56. The van der Waals surface area contributed by atoms with Crippen LogP contribution in [0.2, 0.25) is 5.02 Å². The second kappa shape index (κ2) is 11.1. The lowest BCUT2D eigenvalue weighted by molar-refractivity contribution is 0.322. The van der Waals surface area contributed by atoms with Gasteiger partial charge in [-0.25, -0.2) is 4.99 Å². The number of hydrogen-bond donors (Lipinski definition) is 2. The Balaban J connectivity index is 0.00000288. The predicted octanol–water partition coefficient (Wildman–Crippen LogP) is 2.83. The topological polar surface area (TPSA) is 63.5 Å². The largest absolute Gasteiger partial charge is 0.492 e. The number of aliphatic imine (C=N–C) groups is 1. The van der Waals surface area contributed by atoms with Crippen LogP contribution < -0.4 is 15.4 Å². The molecular weight excluding hydrogens is 441 g/mol. The van der Waals surface area contributed by atoms with Gasteiger partial charge < -0.3 is 15.4 Å². The van der Waals surface area contributed by atoms with Crippen molar-refractivity contribution in [3.05, 3.63) is 47.2 Å². The van der Waals surface area contributed by atoms with Gasteiger partial charge in [0.25, 0.3) is 0 Å². The van der Waals surface area contributed by atoms with Crippen molar-refractivity contribution in [1.82, 2.24) is 20.4 Å². The average Bonchev–Trinajstić information content (AvgIpc) is 2.96. The molecule has 0 atom stereocenters. The quantitative estimate of drug-likeness (QED) is 0.287. The van der Waals surface area contributed by atoms with Gasteiger partial charge in [-0.05, 0) is 37.3 Å². The highest BCUT2D eigenvalue weighted by Crippen LogP contribution is 2.15. The Kier molecular flexibility index (Phi) is 9.55. The Hall–Kier alpha value is -1.48. The van der Waals surface area contributed by atoms with E-state index in [1.807, 2.05) is 49.0 Å². The molecule has 6 nitrogen and oxygen atoms in total. The summed E-state index contributed by atoms with van der Waals surface area (Å²) in [4.78, 5) is 4.53. The van der Waals surface area contributed by atoms with Crippen LogP contribution in [0.1, 0.15) is 12.6 Å². The molecule has 0 saturated carbocycles. The van der Waals surface area contributed by atoms with E-state index in [9.17, 15) is 0 Å². The van der Waals surface area contributed by atoms with E-state index in [0.717, 1.165) is 23.9 Å². The molecule has 2 N–H and O–H groups in total. The van der Waals surface area contributed by atoms with Crippen molar-refractivity contribution < 1.29 is 4.74 Å². The molecule has 0 spiro atoms. The lowest BCUT2D eigenvalue weighted by Crippen LogP contribution is -2.39. The van der Waals surface area contributed by atoms with Crippen LogP contribution in [-0.2, 0) is 13.6 Å². The summed E-state index contributed by atoms with van der Waals surface area (Å²) in [6.45, 7) is 4.60. The molecule has 0 fully saturated rings. The van der Waals surface area contributed by atoms with Crippen LogP contribution in [0.5, 0.6) is 5.75 Å². The molecule has 2 rings (SSSR count). The molecule has 8 heteroatoms. The van der Waals surface area contributed by atoms with E-state index >= 15 is 0 Å². The van der Waals surface area contributed by atoms with Crippen molar-refractivity contribution in [2.45, 2.75) is 13.5 Å². The summed E-state index contributed by atoms with van der Waals surface area (Å²) in [5.74, 6) is 1.56. The fourth-order valence-electron chi connectivity index (χ4n) is 1.93. The smallest absolute Gasteiger partial charge is 0.191 e. The van der Waals surface area contributed by atoms with Gasteiger partial charge in [0.05, 0.1) is 18.8 Å². The number of benzene rings is 1. The zero-order chi connectivity index (χ0) is 16.5. The van der Waals surface area contributed by atoms with Crippen LogP contribution >= 0.6 is 35.6 Å². The molecule has 0 unspecified atom stereocenters. The summed E-state index contributed by atoms with van der Waals surface area (Å²) in [6, 6.07) is 9.28. The van der Waals surface area contributed by atoms with E-state index in [-0.39, 0.29) is 24.0 Å². The van der Waals surface area contributed by atoms with Gasteiger partial charge in [0, 0.05) is 24.8 Å². The monoisotopic (exact) mass is 463 g/mol. The number of nitrogens with zero attached hydrogens (tertiary/aromatic N) is 3. The standard InChI is InChI=1S/C16H22ClN5O.HI/c1-3-18-16(20-12-14-8-9-21-22(14)2)19-10-11-23-15-6-4-13(17)5-7-15;/h4-9H,3,10-12H2,1-2H3,(H2,18,19,20);1H. The lowest BCUT2D eigenvalue weighted by Gasteiger charge is -2.12. The number of aryl methyl sites for hydroxylation is 1. The highest BCUT2D eigenvalue weighted by molar-refractivity contribution is 14.0. The minimum absolute atomic E-state index is 0. The Morgan fingerprint density at radius 1 is 1.25 bits per heavy atom. The molecule has 0 saturated heterocycles. The minimum atomic E-state index is 0. The van der Waals surface area contributed by atoms with Crippen LogP contribution in [0, 0.1) is 0 Å². The van der Waals surface area contributed by atoms with Gasteiger partial charge in [0.15, 0.2) is 5.96 Å². The first kappa shape index (κ1) is 20.6. The summed E-state index contributed by atoms with van der Waals surface area (Å²) in [5.41, 5.74) is 1.06. The maximum Gasteiger partial charge on any atom is 0.191 e. The molecule has 0 aliphatic heterocycles. The van der Waals surface area contributed by atoms with E-state index < -0.39 is 0 Å². The fraction of sp³-hybridized carbons (Fsp3) is 0.375. The molecule has 0 aliphatic carbocycles. The normalized spacial score (nSPS) is 10.9. The molecule has 132 valence electrons. The second-order valence-electron chi connectivity index (χ2n) is 4.87. The third-order valence-corrected chi connectivity index (χ3v) is 3.39. The van der Waals surface area contributed by atoms with Gasteiger partial charge in [-0.2, -0.15) is 5.10 Å². The van der Waals surface area contributed by atoms with Crippen LogP contribution in [-0.4, -0.2) is 35.4 Å². The summed E-state index contributed by atoms with van der Waals surface area (Å²) in [5, 5.41) is 11.3. The summed E-state index contributed by atoms with van der Waals surface area (Å²) in [6.07, 6.45) is 1.77. The Labute approximate surface area is 164 Å². The minimum Gasteiger partial charge on any atom is -0.492 e. The highest BCUT2D eigenvalue weighted by Gasteiger charge is 2.00. The highest BCUT2D eigenvalue weighted by atomic mass is 127. The maximum absolute atomic E-state index is 5.84. The van der Waals surface area contributed by atoms with E-state index in [1.54, 1.807) is 6.20 Å². The maximum atomic E-state index is 5.84. The lowest BCUT2D eigenvalue weighted by atomic mass is 10.3. The molecular formula is C16H23ClIN5O. The second-order valence-corrected chi connectivity index (χ2v) is 5.31. The van der Waals surface area contributed by atoms with E-state index in [4.69, 9.17) is 16.3 Å². The predicted molar refractivity (Wildman–Crippen MR) is 108 cm³/mol. The third kappa shape index (κ3) is 6.96. The van der Waals surface area contributed by atoms with Crippen LogP contribution in [0.15, 0.2) is 41.5 Å². The number of hydrogen-bond acceptors (Lipinski definition) is 3. The van der Waals surface area contributed by atoms with Crippen molar-refractivity contribution in [3.63, 3.8) is 0 Å². The Bertz CT molecular complexity index is 630. The first-order chi connectivity index (χ1) is 11.2. The van der Waals surface area contributed by atoms with Crippen LogP contribution in [0.25, 0.3) is 0 Å². The summed E-state index contributed by atoms with van der Waals surface area (Å²) in [7, 11) is 1.91. The van der Waals surface area contributed by atoms with Gasteiger partial charge in [-0.3, -0.25) is 4.68 Å². The molecule has 0 aliphatic rings. The zero-order valence-corrected chi connectivity index (χ0v) is 16.9. The van der Waals surface area contributed by atoms with Crippen LogP contribution in [0.3, 0.4) is 0 Å². The molecule has 0 amide bonds. The number of nitrogens with one attached hydrogen (secondary N) is 2. The van der Waals surface area contributed by atoms with Gasteiger partial charge in [-0.1, -0.05) is 11.6 Å². The van der Waals surface area contributed by atoms with Crippen molar-refractivity contribution in [3.8, 4) is 5.75 Å². The number of ether oxygens (including phenoxy) is 1. The molecule has 24 heavy (non-hydrogen) atoms. The van der Waals surface area contributed by atoms with E-state index in [1.165, 1.54) is 0 Å². The molecule has 0 radical (unpaired) electrons. The zero-order valence-electron chi connectivity index (χ0n) is 13.8. The van der Waals surface area contributed by atoms with Gasteiger partial charge in [0.2, 0.25) is 0 Å². The van der Waals surface area contributed by atoms with Gasteiger partial charge >= 0.3 is 0 Å².